The molecule has 0 amide bonds. The van der Waals surface area contributed by atoms with E-state index in [1.165, 1.54) is 26.4 Å². The molecule has 0 bridgehead atoms. The van der Waals surface area contributed by atoms with Crippen molar-refractivity contribution in [2.45, 2.75) is 4.90 Å². The van der Waals surface area contributed by atoms with E-state index in [0.717, 1.165) is 21.8 Å². The van der Waals surface area contributed by atoms with Crippen LogP contribution in [-0.4, -0.2) is 27.6 Å². The minimum absolute atomic E-state index is 0.0845. The van der Waals surface area contributed by atoms with Gasteiger partial charge in [-0.2, -0.15) is 0 Å². The summed E-state index contributed by atoms with van der Waals surface area (Å²) < 4.78 is 38.5. The summed E-state index contributed by atoms with van der Waals surface area (Å²) in [5, 5.41) is 2.93. The molecule has 0 spiro atoms. The Morgan fingerprint density at radius 3 is 2.23 bits per heavy atom. The van der Waals surface area contributed by atoms with Gasteiger partial charge >= 0.3 is 0 Å². The van der Waals surface area contributed by atoms with Crippen LogP contribution in [0.5, 0.6) is 11.5 Å². The standard InChI is InChI=1S/C23H20N2O4S2/c1-28-21-13-12-19(14-22(21)29-2)31(26,27)25-18-10-8-16(9-11-18)20-15-30-23(24-20)17-6-4-3-5-7-17/h3-15,25H,1-2H3. The maximum absolute atomic E-state index is 12.8. The predicted molar refractivity (Wildman–Crippen MR) is 123 cm³/mol. The highest BCUT2D eigenvalue weighted by atomic mass is 32.2. The average molecular weight is 453 g/mol. The van der Waals surface area contributed by atoms with Gasteiger partial charge < -0.3 is 9.47 Å². The fraction of sp³-hybridized carbons (Fsp3) is 0.0870. The molecule has 0 aliphatic rings. The van der Waals surface area contributed by atoms with Crippen molar-refractivity contribution in [2.24, 2.45) is 0 Å². The molecule has 3 aromatic carbocycles. The van der Waals surface area contributed by atoms with Gasteiger partial charge in [-0.3, -0.25) is 4.72 Å². The van der Waals surface area contributed by atoms with Crippen molar-refractivity contribution in [1.82, 2.24) is 4.98 Å². The molecule has 1 heterocycles. The Morgan fingerprint density at radius 2 is 1.55 bits per heavy atom. The number of aromatic nitrogens is 1. The van der Waals surface area contributed by atoms with Gasteiger partial charge in [-0.05, 0) is 24.3 Å². The molecule has 0 saturated carbocycles. The van der Waals surface area contributed by atoms with Gasteiger partial charge in [0.05, 0.1) is 24.8 Å². The topological polar surface area (TPSA) is 77.5 Å². The van der Waals surface area contributed by atoms with Gasteiger partial charge in [-0.15, -0.1) is 11.3 Å². The Bertz CT molecular complexity index is 1280. The first kappa shape index (κ1) is 20.9. The summed E-state index contributed by atoms with van der Waals surface area (Å²) in [5.41, 5.74) is 3.28. The largest absolute Gasteiger partial charge is 0.493 e. The van der Waals surface area contributed by atoms with Crippen LogP contribution in [0.2, 0.25) is 0 Å². The number of thiazole rings is 1. The van der Waals surface area contributed by atoms with Crippen molar-refractivity contribution in [3.63, 3.8) is 0 Å². The van der Waals surface area contributed by atoms with Crippen LogP contribution >= 0.6 is 11.3 Å². The summed E-state index contributed by atoms with van der Waals surface area (Å²) in [7, 11) is -0.822. The molecular weight excluding hydrogens is 432 g/mol. The minimum Gasteiger partial charge on any atom is -0.493 e. The van der Waals surface area contributed by atoms with Gasteiger partial charge in [-0.1, -0.05) is 42.5 Å². The van der Waals surface area contributed by atoms with Crippen LogP contribution in [0.15, 0.2) is 83.1 Å². The smallest absolute Gasteiger partial charge is 0.262 e. The van der Waals surface area contributed by atoms with Crippen LogP contribution in [0.1, 0.15) is 0 Å². The molecule has 1 N–H and O–H groups in total. The normalized spacial score (nSPS) is 11.2. The number of nitrogens with zero attached hydrogens (tertiary/aromatic N) is 1. The Labute approximate surface area is 185 Å². The van der Waals surface area contributed by atoms with Gasteiger partial charge in [0, 0.05) is 28.3 Å². The summed E-state index contributed by atoms with van der Waals surface area (Å²) in [6.45, 7) is 0. The summed E-state index contributed by atoms with van der Waals surface area (Å²) in [6, 6.07) is 21.6. The summed E-state index contributed by atoms with van der Waals surface area (Å²) >= 11 is 1.57. The third-order valence-electron chi connectivity index (χ3n) is 4.62. The van der Waals surface area contributed by atoms with Gasteiger partial charge in [0.2, 0.25) is 0 Å². The molecular formula is C23H20N2O4S2. The number of rotatable bonds is 7. The Morgan fingerprint density at radius 1 is 0.839 bits per heavy atom. The molecule has 6 nitrogen and oxygen atoms in total. The zero-order chi connectivity index (χ0) is 21.8. The Kier molecular flexibility index (Phi) is 5.92. The highest BCUT2D eigenvalue weighted by Crippen LogP contribution is 2.31. The second-order valence-corrected chi connectivity index (χ2v) is 9.14. The number of hydrogen-bond donors (Lipinski definition) is 1. The highest BCUT2D eigenvalue weighted by Gasteiger charge is 2.17. The zero-order valence-corrected chi connectivity index (χ0v) is 18.5. The molecule has 31 heavy (non-hydrogen) atoms. The van der Waals surface area contributed by atoms with E-state index >= 15 is 0 Å². The second-order valence-electron chi connectivity index (χ2n) is 6.60. The number of anilines is 1. The third-order valence-corrected chi connectivity index (χ3v) is 6.89. The molecule has 0 saturated heterocycles. The quantitative estimate of drug-likeness (QED) is 0.412. The van der Waals surface area contributed by atoms with Crippen molar-refractivity contribution in [2.75, 3.05) is 18.9 Å². The van der Waals surface area contributed by atoms with Crippen molar-refractivity contribution in [3.05, 3.63) is 78.2 Å². The van der Waals surface area contributed by atoms with E-state index in [0.29, 0.717) is 17.2 Å². The van der Waals surface area contributed by atoms with Gasteiger partial charge in [0.15, 0.2) is 11.5 Å². The third kappa shape index (κ3) is 4.55. The predicted octanol–water partition coefficient (Wildman–Crippen LogP) is 5.30. The first-order chi connectivity index (χ1) is 15.0. The van der Waals surface area contributed by atoms with E-state index in [2.05, 4.69) is 4.72 Å². The molecule has 0 unspecified atom stereocenters. The first-order valence-electron chi connectivity index (χ1n) is 9.36. The van der Waals surface area contributed by atoms with E-state index in [9.17, 15) is 8.42 Å². The molecule has 8 heteroatoms. The van der Waals surface area contributed by atoms with E-state index < -0.39 is 10.0 Å². The average Bonchev–Trinajstić information content (AvgIpc) is 3.30. The monoisotopic (exact) mass is 452 g/mol. The maximum atomic E-state index is 12.8. The lowest BCUT2D eigenvalue weighted by atomic mass is 10.1. The fourth-order valence-electron chi connectivity index (χ4n) is 3.03. The molecule has 158 valence electrons. The molecule has 0 aliphatic carbocycles. The van der Waals surface area contributed by atoms with Crippen molar-refractivity contribution >= 4 is 27.0 Å². The number of methoxy groups -OCH3 is 2. The number of sulfonamides is 1. The molecule has 0 radical (unpaired) electrons. The first-order valence-corrected chi connectivity index (χ1v) is 11.7. The zero-order valence-electron chi connectivity index (χ0n) is 16.9. The molecule has 4 rings (SSSR count). The summed E-state index contributed by atoms with van der Waals surface area (Å²) in [6.07, 6.45) is 0. The van der Waals surface area contributed by atoms with E-state index in [1.54, 1.807) is 29.5 Å². The SMILES string of the molecule is COc1ccc(S(=O)(=O)Nc2ccc(-c3csc(-c4ccccc4)n3)cc2)cc1OC. The number of nitrogens with one attached hydrogen (secondary N) is 1. The van der Waals surface area contributed by atoms with Crippen LogP contribution < -0.4 is 14.2 Å². The summed E-state index contributed by atoms with van der Waals surface area (Å²) in [5.74, 6) is 0.808. The molecule has 4 aromatic rings. The number of hydrogen-bond acceptors (Lipinski definition) is 6. The molecule has 0 aliphatic heterocycles. The van der Waals surface area contributed by atoms with Gasteiger partial charge in [0.1, 0.15) is 5.01 Å². The van der Waals surface area contributed by atoms with E-state index in [4.69, 9.17) is 14.5 Å². The van der Waals surface area contributed by atoms with Crippen LogP contribution in [-0.2, 0) is 10.0 Å². The van der Waals surface area contributed by atoms with Crippen LogP contribution in [0.3, 0.4) is 0 Å². The minimum atomic E-state index is -3.78. The number of benzene rings is 3. The van der Waals surface area contributed by atoms with Gasteiger partial charge in [-0.25, -0.2) is 13.4 Å². The second kappa shape index (κ2) is 8.79. The van der Waals surface area contributed by atoms with E-state index in [-0.39, 0.29) is 4.90 Å². The van der Waals surface area contributed by atoms with Crippen LogP contribution in [0.4, 0.5) is 5.69 Å². The lowest BCUT2D eigenvalue weighted by Crippen LogP contribution is -2.13. The lowest BCUT2D eigenvalue weighted by molar-refractivity contribution is 0.354. The van der Waals surface area contributed by atoms with E-state index in [1.807, 2.05) is 47.8 Å². The van der Waals surface area contributed by atoms with Crippen LogP contribution in [0, 0.1) is 0 Å². The molecule has 0 atom stereocenters. The fourth-order valence-corrected chi connectivity index (χ4v) is 4.94. The Balaban J connectivity index is 1.53. The number of ether oxygens (including phenoxy) is 2. The molecule has 0 fully saturated rings. The Hall–Kier alpha value is -3.36. The van der Waals surface area contributed by atoms with Crippen molar-refractivity contribution in [3.8, 4) is 33.3 Å². The van der Waals surface area contributed by atoms with Crippen molar-refractivity contribution in [1.29, 1.82) is 0 Å². The van der Waals surface area contributed by atoms with Crippen molar-refractivity contribution < 1.29 is 17.9 Å². The van der Waals surface area contributed by atoms with Gasteiger partial charge in [0.25, 0.3) is 10.0 Å². The van der Waals surface area contributed by atoms with Crippen LogP contribution in [0.25, 0.3) is 21.8 Å². The highest BCUT2D eigenvalue weighted by molar-refractivity contribution is 7.92. The lowest BCUT2D eigenvalue weighted by Gasteiger charge is -2.12. The molecule has 1 aromatic heterocycles. The maximum Gasteiger partial charge on any atom is 0.262 e. The summed E-state index contributed by atoms with van der Waals surface area (Å²) in [4.78, 5) is 4.78.